The summed E-state index contributed by atoms with van der Waals surface area (Å²) in [7, 11) is 0. The monoisotopic (exact) mass is 759 g/mol. The molecule has 3 nitrogen and oxygen atoms in total. The Bertz CT molecular complexity index is 2390. The standard InChI is InChI=1S/C56H45N3/c1-7-19-47(20-8-1)57(48-21-9-2-10-22-48)53-37-31-44(32-38-53)43-56(45-33-39-54(40-34-45)58(49-23-11-3-12-24-49)50-25-13-4-14-26-50)46-35-41-55(42-36-46)59(51-27-15-5-16-28-51)52-29-17-6-18-30-52/h1-42,56H,43H2. The van der Waals surface area contributed by atoms with Gasteiger partial charge in [-0.3, -0.25) is 0 Å². The second kappa shape index (κ2) is 17.7. The van der Waals surface area contributed by atoms with Gasteiger partial charge in [-0.2, -0.15) is 0 Å². The molecule has 9 aromatic carbocycles. The average molecular weight is 760 g/mol. The highest BCUT2D eigenvalue weighted by Crippen LogP contribution is 2.40. The van der Waals surface area contributed by atoms with Crippen molar-refractivity contribution in [2.45, 2.75) is 12.3 Å². The van der Waals surface area contributed by atoms with Crippen molar-refractivity contribution >= 4 is 51.2 Å². The number of benzene rings is 9. The van der Waals surface area contributed by atoms with Gasteiger partial charge in [0.2, 0.25) is 0 Å². The second-order valence-corrected chi connectivity index (χ2v) is 14.6. The van der Waals surface area contributed by atoms with Crippen molar-refractivity contribution in [1.29, 1.82) is 0 Å². The first-order valence-corrected chi connectivity index (χ1v) is 20.3. The largest absolute Gasteiger partial charge is 0.311 e. The Morgan fingerprint density at radius 2 is 0.424 bits per heavy atom. The minimum atomic E-state index is 0.118. The topological polar surface area (TPSA) is 9.72 Å². The lowest BCUT2D eigenvalue weighted by Gasteiger charge is -2.27. The number of anilines is 9. The van der Waals surface area contributed by atoms with E-state index in [2.05, 4.69) is 269 Å². The fourth-order valence-corrected chi connectivity index (χ4v) is 7.96. The van der Waals surface area contributed by atoms with Crippen LogP contribution >= 0.6 is 0 Å². The van der Waals surface area contributed by atoms with Crippen molar-refractivity contribution in [1.82, 2.24) is 0 Å². The average Bonchev–Trinajstić information content (AvgIpc) is 3.32. The van der Waals surface area contributed by atoms with Gasteiger partial charge in [-0.05, 0) is 132 Å². The van der Waals surface area contributed by atoms with Crippen LogP contribution < -0.4 is 14.7 Å². The third-order valence-corrected chi connectivity index (χ3v) is 10.8. The SMILES string of the molecule is c1ccc(N(c2ccccc2)c2ccc(CC(c3ccc(N(c4ccccc4)c4ccccc4)cc3)c3ccc(N(c4ccccc4)c4ccccc4)cc3)cc2)cc1. The first-order chi connectivity index (χ1) is 29.3. The summed E-state index contributed by atoms with van der Waals surface area (Å²) in [5.74, 6) is 0.118. The van der Waals surface area contributed by atoms with Gasteiger partial charge in [-0.25, -0.2) is 0 Å². The fourth-order valence-electron chi connectivity index (χ4n) is 7.96. The summed E-state index contributed by atoms with van der Waals surface area (Å²) in [6.45, 7) is 0. The van der Waals surface area contributed by atoms with Gasteiger partial charge in [-0.1, -0.05) is 146 Å². The summed E-state index contributed by atoms with van der Waals surface area (Å²) in [6, 6.07) is 91.0. The van der Waals surface area contributed by atoms with Crippen molar-refractivity contribution in [3.63, 3.8) is 0 Å². The van der Waals surface area contributed by atoms with E-state index in [-0.39, 0.29) is 5.92 Å². The van der Waals surface area contributed by atoms with E-state index >= 15 is 0 Å². The number of hydrogen-bond acceptors (Lipinski definition) is 3. The Kier molecular flexibility index (Phi) is 11.1. The Morgan fingerprint density at radius 1 is 0.220 bits per heavy atom. The lowest BCUT2D eigenvalue weighted by atomic mass is 9.85. The van der Waals surface area contributed by atoms with Crippen LogP contribution in [0.25, 0.3) is 0 Å². The van der Waals surface area contributed by atoms with Crippen LogP contribution in [0.3, 0.4) is 0 Å². The molecule has 0 unspecified atom stereocenters. The predicted molar refractivity (Wildman–Crippen MR) is 249 cm³/mol. The predicted octanol–water partition coefficient (Wildman–Crippen LogP) is 15.5. The summed E-state index contributed by atoms with van der Waals surface area (Å²) >= 11 is 0. The molecular formula is C56H45N3. The molecule has 0 fully saturated rings. The number of hydrogen-bond donors (Lipinski definition) is 0. The maximum atomic E-state index is 2.32. The van der Waals surface area contributed by atoms with E-state index in [1.54, 1.807) is 0 Å². The third-order valence-electron chi connectivity index (χ3n) is 10.8. The van der Waals surface area contributed by atoms with Gasteiger partial charge in [0.15, 0.2) is 0 Å². The summed E-state index contributed by atoms with van der Waals surface area (Å²) < 4.78 is 0. The molecule has 0 bridgehead atoms. The van der Waals surface area contributed by atoms with E-state index in [4.69, 9.17) is 0 Å². The van der Waals surface area contributed by atoms with Crippen LogP contribution in [-0.4, -0.2) is 0 Å². The smallest absolute Gasteiger partial charge is 0.0461 e. The zero-order chi connectivity index (χ0) is 39.6. The molecule has 0 spiro atoms. The molecule has 0 aromatic heterocycles. The number of para-hydroxylation sites is 6. The first-order valence-electron chi connectivity index (χ1n) is 20.3. The molecule has 0 saturated heterocycles. The fraction of sp³-hybridized carbons (Fsp3) is 0.0357. The van der Waals surface area contributed by atoms with E-state index < -0.39 is 0 Å². The highest BCUT2D eigenvalue weighted by atomic mass is 15.2. The molecule has 9 aromatic rings. The van der Waals surface area contributed by atoms with Crippen molar-refractivity contribution in [3.8, 4) is 0 Å². The molecular weight excluding hydrogens is 715 g/mol. The molecule has 284 valence electrons. The lowest BCUT2D eigenvalue weighted by Crippen LogP contribution is -2.12. The molecule has 9 rings (SSSR count). The maximum Gasteiger partial charge on any atom is 0.0461 e. The molecule has 0 atom stereocenters. The van der Waals surface area contributed by atoms with Crippen LogP contribution in [0.4, 0.5) is 51.2 Å². The molecule has 0 heterocycles. The molecule has 0 radical (unpaired) electrons. The van der Waals surface area contributed by atoms with Crippen LogP contribution in [0.1, 0.15) is 22.6 Å². The second-order valence-electron chi connectivity index (χ2n) is 14.6. The molecule has 0 N–H and O–H groups in total. The molecule has 0 saturated carbocycles. The summed E-state index contributed by atoms with van der Waals surface area (Å²) in [6.07, 6.45) is 0.845. The number of nitrogens with zero attached hydrogens (tertiary/aromatic N) is 3. The zero-order valence-electron chi connectivity index (χ0n) is 32.9. The van der Waals surface area contributed by atoms with Gasteiger partial charge in [0.05, 0.1) is 0 Å². The van der Waals surface area contributed by atoms with Crippen LogP contribution in [0.2, 0.25) is 0 Å². The van der Waals surface area contributed by atoms with Crippen LogP contribution in [0.5, 0.6) is 0 Å². The van der Waals surface area contributed by atoms with E-state index in [1.807, 2.05) is 0 Å². The molecule has 3 heteroatoms. The maximum absolute atomic E-state index is 2.32. The third kappa shape index (κ3) is 8.41. The highest BCUT2D eigenvalue weighted by molar-refractivity contribution is 5.79. The van der Waals surface area contributed by atoms with Crippen molar-refractivity contribution < 1.29 is 0 Å². The van der Waals surface area contributed by atoms with Crippen molar-refractivity contribution in [2.24, 2.45) is 0 Å². The normalized spacial score (nSPS) is 10.9. The summed E-state index contributed by atoms with van der Waals surface area (Å²) in [5.41, 5.74) is 13.9. The van der Waals surface area contributed by atoms with Gasteiger partial charge in [0.25, 0.3) is 0 Å². The van der Waals surface area contributed by atoms with Crippen LogP contribution in [0, 0.1) is 0 Å². The molecule has 0 aliphatic rings. The van der Waals surface area contributed by atoms with Crippen molar-refractivity contribution in [2.75, 3.05) is 14.7 Å². The Balaban J connectivity index is 1.08. The zero-order valence-corrected chi connectivity index (χ0v) is 32.9. The van der Waals surface area contributed by atoms with Gasteiger partial charge in [0, 0.05) is 57.1 Å². The molecule has 0 amide bonds. The van der Waals surface area contributed by atoms with Gasteiger partial charge < -0.3 is 14.7 Å². The van der Waals surface area contributed by atoms with E-state index in [1.165, 1.54) is 16.7 Å². The highest BCUT2D eigenvalue weighted by Gasteiger charge is 2.20. The minimum absolute atomic E-state index is 0.118. The van der Waals surface area contributed by atoms with Crippen molar-refractivity contribution in [3.05, 3.63) is 271 Å². The summed E-state index contributed by atoms with van der Waals surface area (Å²) in [4.78, 5) is 6.95. The van der Waals surface area contributed by atoms with E-state index in [0.29, 0.717) is 0 Å². The van der Waals surface area contributed by atoms with Gasteiger partial charge >= 0.3 is 0 Å². The first kappa shape index (κ1) is 37.0. The van der Waals surface area contributed by atoms with Crippen LogP contribution in [0.15, 0.2) is 255 Å². The van der Waals surface area contributed by atoms with E-state index in [9.17, 15) is 0 Å². The Hall–Kier alpha value is -7.62. The minimum Gasteiger partial charge on any atom is -0.311 e. The van der Waals surface area contributed by atoms with Crippen LogP contribution in [-0.2, 0) is 6.42 Å². The van der Waals surface area contributed by atoms with Gasteiger partial charge in [0.1, 0.15) is 0 Å². The number of rotatable bonds is 13. The Labute approximate surface area is 348 Å². The molecule has 59 heavy (non-hydrogen) atoms. The molecule has 0 aliphatic heterocycles. The quantitative estimate of drug-likeness (QED) is 0.116. The molecule has 0 aliphatic carbocycles. The van der Waals surface area contributed by atoms with E-state index in [0.717, 1.165) is 57.6 Å². The lowest BCUT2D eigenvalue weighted by molar-refractivity contribution is 0.805. The summed E-state index contributed by atoms with van der Waals surface area (Å²) in [5, 5.41) is 0. The Morgan fingerprint density at radius 3 is 0.661 bits per heavy atom. The van der Waals surface area contributed by atoms with Gasteiger partial charge in [-0.15, -0.1) is 0 Å².